The fraction of sp³-hybridized carbons (Fsp3) is 0.467. The number of benzene rings is 1. The number of carboxylic acids is 1. The molecule has 1 amide bonds. The van der Waals surface area contributed by atoms with Crippen molar-refractivity contribution in [2.45, 2.75) is 38.8 Å². The van der Waals surface area contributed by atoms with Crippen molar-refractivity contribution in [3.63, 3.8) is 0 Å². The van der Waals surface area contributed by atoms with Crippen LogP contribution in [0.5, 0.6) is 0 Å². The highest BCUT2D eigenvalue weighted by Crippen LogP contribution is 2.15. The highest BCUT2D eigenvalue weighted by Gasteiger charge is 2.33. The number of carbonyl (C=O) groups excluding carboxylic acids is 1. The van der Waals surface area contributed by atoms with Crippen LogP contribution in [0.3, 0.4) is 0 Å². The fourth-order valence-electron chi connectivity index (χ4n) is 1.72. The van der Waals surface area contributed by atoms with Gasteiger partial charge in [0.1, 0.15) is 5.60 Å². The van der Waals surface area contributed by atoms with E-state index in [2.05, 4.69) is 0 Å². The van der Waals surface area contributed by atoms with Crippen molar-refractivity contribution in [1.82, 2.24) is 5.06 Å². The second-order valence-electron chi connectivity index (χ2n) is 5.18. The van der Waals surface area contributed by atoms with Gasteiger partial charge in [-0.15, -0.1) is 0 Å². The van der Waals surface area contributed by atoms with Gasteiger partial charge in [0.15, 0.2) is 6.04 Å². The molecule has 21 heavy (non-hydrogen) atoms. The second kappa shape index (κ2) is 7.08. The molecule has 0 aliphatic rings. The standard InChI is InChI=1S/C15H21NO5/c1-15(2,3)21-14(19)16(20-4)12(13(17)18)10-11-8-6-5-7-9-11/h5-9,12H,10H2,1-4H3,(H,17,18)/t12-/m0/s1/i1D. The lowest BCUT2D eigenvalue weighted by molar-refractivity contribution is -0.175. The first-order valence-electron chi connectivity index (χ1n) is 7.13. The largest absolute Gasteiger partial charge is 0.480 e. The molecule has 0 saturated carbocycles. The summed E-state index contributed by atoms with van der Waals surface area (Å²) in [6.07, 6.45) is -0.844. The van der Waals surface area contributed by atoms with E-state index in [1.807, 2.05) is 6.07 Å². The summed E-state index contributed by atoms with van der Waals surface area (Å²) in [4.78, 5) is 28.5. The van der Waals surface area contributed by atoms with Gasteiger partial charge in [0.05, 0.1) is 7.11 Å². The maximum atomic E-state index is 12.1. The zero-order valence-corrected chi connectivity index (χ0v) is 12.4. The van der Waals surface area contributed by atoms with Gasteiger partial charge in [-0.25, -0.2) is 9.59 Å². The number of rotatable bonds is 5. The summed E-state index contributed by atoms with van der Waals surface area (Å²) in [7, 11) is 1.20. The van der Waals surface area contributed by atoms with Crippen molar-refractivity contribution in [2.75, 3.05) is 7.11 Å². The van der Waals surface area contributed by atoms with Crippen molar-refractivity contribution in [3.8, 4) is 0 Å². The van der Waals surface area contributed by atoms with Crippen molar-refractivity contribution >= 4 is 12.1 Å². The Morgan fingerprint density at radius 2 is 2.00 bits per heavy atom. The Morgan fingerprint density at radius 3 is 2.48 bits per heavy atom. The molecular weight excluding hydrogens is 274 g/mol. The van der Waals surface area contributed by atoms with Crippen LogP contribution in [0.25, 0.3) is 0 Å². The zero-order chi connectivity index (χ0) is 16.8. The number of hydrogen-bond donors (Lipinski definition) is 1. The number of amides is 1. The van der Waals surface area contributed by atoms with Gasteiger partial charge in [0, 0.05) is 7.79 Å². The van der Waals surface area contributed by atoms with Gasteiger partial charge in [0.25, 0.3) is 0 Å². The number of hydrogen-bond acceptors (Lipinski definition) is 4. The lowest BCUT2D eigenvalue weighted by atomic mass is 10.1. The van der Waals surface area contributed by atoms with E-state index in [9.17, 15) is 14.7 Å². The minimum absolute atomic E-state index is 0.0837. The van der Waals surface area contributed by atoms with E-state index in [0.717, 1.165) is 5.56 Å². The Balaban J connectivity index is 2.91. The molecule has 6 nitrogen and oxygen atoms in total. The van der Waals surface area contributed by atoms with Crippen LogP contribution in [0.15, 0.2) is 30.3 Å². The molecule has 0 unspecified atom stereocenters. The average Bonchev–Trinajstić information content (AvgIpc) is 2.47. The SMILES string of the molecule is [2H]CC(C)(C)OC(=O)N(OC)[C@@H](Cc1ccccc1)C(=O)O. The van der Waals surface area contributed by atoms with E-state index in [-0.39, 0.29) is 13.3 Å². The van der Waals surface area contributed by atoms with Crippen LogP contribution in [0, 0.1) is 0 Å². The molecule has 1 aromatic rings. The predicted molar refractivity (Wildman–Crippen MR) is 76.7 cm³/mol. The van der Waals surface area contributed by atoms with E-state index in [0.29, 0.717) is 5.06 Å². The maximum Gasteiger partial charge on any atom is 0.435 e. The van der Waals surface area contributed by atoms with Gasteiger partial charge >= 0.3 is 12.1 Å². The maximum absolute atomic E-state index is 12.1. The lowest BCUT2D eigenvalue weighted by Crippen LogP contribution is -2.47. The molecule has 0 aliphatic heterocycles. The Hall–Kier alpha value is -2.08. The molecule has 0 saturated heterocycles. The predicted octanol–water partition coefficient (Wildman–Crippen LogP) is 2.48. The average molecular weight is 296 g/mol. The topological polar surface area (TPSA) is 76.1 Å². The van der Waals surface area contributed by atoms with Crippen molar-refractivity contribution in [3.05, 3.63) is 35.9 Å². The van der Waals surface area contributed by atoms with Crippen LogP contribution in [-0.2, 0) is 20.8 Å². The molecule has 1 rings (SSSR count). The molecule has 1 aromatic carbocycles. The van der Waals surface area contributed by atoms with Gasteiger partial charge in [-0.1, -0.05) is 30.3 Å². The van der Waals surface area contributed by atoms with Gasteiger partial charge in [0.2, 0.25) is 0 Å². The Kier molecular flexibility index (Phi) is 5.16. The summed E-state index contributed by atoms with van der Waals surface area (Å²) in [5, 5.41) is 10.1. The Bertz CT molecular complexity index is 506. The molecule has 0 aliphatic carbocycles. The first-order chi connectivity index (χ1) is 10.3. The molecule has 0 bridgehead atoms. The van der Waals surface area contributed by atoms with E-state index in [4.69, 9.17) is 10.9 Å². The van der Waals surface area contributed by atoms with E-state index >= 15 is 0 Å². The molecule has 1 N–H and O–H groups in total. The van der Waals surface area contributed by atoms with Gasteiger partial charge < -0.3 is 9.84 Å². The Labute approximate surface area is 125 Å². The van der Waals surface area contributed by atoms with E-state index in [1.165, 1.54) is 7.11 Å². The minimum Gasteiger partial charge on any atom is -0.480 e. The molecule has 0 radical (unpaired) electrons. The van der Waals surface area contributed by atoms with E-state index < -0.39 is 23.7 Å². The fourth-order valence-corrected chi connectivity index (χ4v) is 1.72. The summed E-state index contributed by atoms with van der Waals surface area (Å²) in [5.74, 6) is -1.20. The molecule has 0 fully saturated rings. The quantitative estimate of drug-likeness (QED) is 0.845. The summed E-state index contributed by atoms with van der Waals surface area (Å²) < 4.78 is 12.4. The molecule has 116 valence electrons. The number of hydroxylamine groups is 2. The number of carbonyl (C=O) groups is 2. The second-order valence-corrected chi connectivity index (χ2v) is 5.18. The summed E-state index contributed by atoms with van der Waals surface area (Å²) in [5.41, 5.74) is -0.270. The summed E-state index contributed by atoms with van der Waals surface area (Å²) in [6, 6.07) is 7.70. The molecule has 0 spiro atoms. The highest BCUT2D eigenvalue weighted by atomic mass is 16.7. The minimum atomic E-state index is -1.22. The van der Waals surface area contributed by atoms with Crippen molar-refractivity contribution in [2.24, 2.45) is 0 Å². The van der Waals surface area contributed by atoms with Crippen molar-refractivity contribution < 1.29 is 25.6 Å². The monoisotopic (exact) mass is 296 g/mol. The number of ether oxygens (including phenoxy) is 1. The third kappa shape index (κ3) is 5.43. The van der Waals surface area contributed by atoms with Gasteiger partial charge in [-0.05, 0) is 26.3 Å². The van der Waals surface area contributed by atoms with Crippen LogP contribution in [0.1, 0.15) is 27.7 Å². The first-order valence-corrected chi connectivity index (χ1v) is 6.43. The first kappa shape index (κ1) is 15.3. The smallest absolute Gasteiger partial charge is 0.435 e. The summed E-state index contributed by atoms with van der Waals surface area (Å²) in [6.45, 7) is 2.99. The molecular formula is C15H21NO5. The number of aliphatic carboxylic acids is 1. The van der Waals surface area contributed by atoms with Gasteiger partial charge in [-0.2, -0.15) is 5.06 Å². The molecule has 0 aromatic heterocycles. The third-order valence-corrected chi connectivity index (χ3v) is 2.58. The zero-order valence-electron chi connectivity index (χ0n) is 13.4. The normalized spacial score (nSPS) is 13.2. The Morgan fingerprint density at radius 1 is 1.38 bits per heavy atom. The van der Waals surface area contributed by atoms with Gasteiger partial charge in [-0.3, -0.25) is 4.84 Å². The lowest BCUT2D eigenvalue weighted by Gasteiger charge is -2.29. The third-order valence-electron chi connectivity index (χ3n) is 2.58. The van der Waals surface area contributed by atoms with Crippen molar-refractivity contribution in [1.29, 1.82) is 0 Å². The highest BCUT2D eigenvalue weighted by molar-refractivity contribution is 5.79. The van der Waals surface area contributed by atoms with Crippen LogP contribution in [0.2, 0.25) is 0 Å². The summed E-state index contributed by atoms with van der Waals surface area (Å²) >= 11 is 0. The number of carboxylic acid groups (broad SMARTS) is 1. The van der Waals surface area contributed by atoms with Crippen LogP contribution in [0.4, 0.5) is 4.79 Å². The molecule has 6 heteroatoms. The van der Waals surface area contributed by atoms with E-state index in [1.54, 1.807) is 38.1 Å². The molecule has 1 atom stereocenters. The van der Waals surface area contributed by atoms with Crippen LogP contribution >= 0.6 is 0 Å². The number of nitrogens with zero attached hydrogens (tertiary/aromatic N) is 1. The van der Waals surface area contributed by atoms with Crippen LogP contribution in [-0.4, -0.2) is 41.0 Å². The molecule has 0 heterocycles. The van der Waals surface area contributed by atoms with Crippen LogP contribution < -0.4 is 0 Å².